The number of fused-ring (bicyclic) bond motifs is 3. The van der Waals surface area contributed by atoms with Crippen LogP contribution in [0.15, 0.2) is 30.3 Å². The lowest BCUT2D eigenvalue weighted by Gasteiger charge is -2.34. The standard InChI is InChI=1S/C22H25NO4S/c1-13-6-5-8-17(14(13)2)23-20(24)12-27-22(25)19-10-15-11-26-18-9-4-3-7-16(18)21(15)28-19/h3-4,7,9-10,13-14,17H,5-6,8,11-12H2,1-2H3,(H,23,24)/t13-,14+,17+/m0/s1. The van der Waals surface area contributed by atoms with Crippen LogP contribution in [0.1, 0.15) is 48.3 Å². The van der Waals surface area contributed by atoms with Crippen LogP contribution < -0.4 is 10.1 Å². The molecule has 0 radical (unpaired) electrons. The first kappa shape index (κ1) is 19.0. The third-order valence-corrected chi connectivity index (χ3v) is 7.10. The molecule has 1 amide bonds. The summed E-state index contributed by atoms with van der Waals surface area (Å²) in [7, 11) is 0. The maximum Gasteiger partial charge on any atom is 0.348 e. The number of nitrogens with one attached hydrogen (secondary N) is 1. The van der Waals surface area contributed by atoms with Crippen LogP contribution in [-0.4, -0.2) is 24.5 Å². The minimum absolute atomic E-state index is 0.164. The van der Waals surface area contributed by atoms with Crippen LogP contribution in [0.5, 0.6) is 5.75 Å². The minimum atomic E-state index is -0.461. The number of thiophene rings is 1. The summed E-state index contributed by atoms with van der Waals surface area (Å²) in [5, 5.41) is 3.04. The third-order valence-electron chi connectivity index (χ3n) is 5.91. The summed E-state index contributed by atoms with van der Waals surface area (Å²) in [5.41, 5.74) is 1.97. The number of carbonyl (C=O) groups is 2. The Balaban J connectivity index is 1.36. The molecule has 1 aliphatic carbocycles. The fourth-order valence-corrected chi connectivity index (χ4v) is 5.13. The Morgan fingerprint density at radius 1 is 1.25 bits per heavy atom. The number of hydrogen-bond donors (Lipinski definition) is 1. The molecule has 1 saturated carbocycles. The molecule has 2 heterocycles. The van der Waals surface area contributed by atoms with Crippen molar-refractivity contribution in [3.8, 4) is 16.2 Å². The van der Waals surface area contributed by atoms with Crippen molar-refractivity contribution in [2.75, 3.05) is 6.61 Å². The van der Waals surface area contributed by atoms with Crippen molar-refractivity contribution in [3.05, 3.63) is 40.8 Å². The smallest absolute Gasteiger partial charge is 0.348 e. The van der Waals surface area contributed by atoms with E-state index >= 15 is 0 Å². The molecule has 1 aromatic carbocycles. The molecule has 0 bridgehead atoms. The maximum atomic E-state index is 12.5. The molecule has 6 heteroatoms. The fourth-order valence-electron chi connectivity index (χ4n) is 4.04. The topological polar surface area (TPSA) is 64.6 Å². The summed E-state index contributed by atoms with van der Waals surface area (Å²) in [4.78, 5) is 26.2. The summed E-state index contributed by atoms with van der Waals surface area (Å²) in [5.74, 6) is 1.18. The zero-order valence-corrected chi connectivity index (χ0v) is 17.0. The lowest BCUT2D eigenvalue weighted by Crippen LogP contribution is -2.45. The Labute approximate surface area is 169 Å². The van der Waals surface area contributed by atoms with Gasteiger partial charge in [0.2, 0.25) is 0 Å². The van der Waals surface area contributed by atoms with Crippen molar-refractivity contribution < 1.29 is 19.1 Å². The van der Waals surface area contributed by atoms with Gasteiger partial charge in [0.05, 0.1) is 0 Å². The second kappa shape index (κ2) is 7.95. The van der Waals surface area contributed by atoms with Gasteiger partial charge in [0.1, 0.15) is 17.2 Å². The van der Waals surface area contributed by atoms with E-state index < -0.39 is 5.97 Å². The van der Waals surface area contributed by atoms with Gasteiger partial charge in [0.25, 0.3) is 5.91 Å². The van der Waals surface area contributed by atoms with E-state index in [4.69, 9.17) is 9.47 Å². The summed E-state index contributed by atoms with van der Waals surface area (Å²) in [6.45, 7) is 4.60. The molecular weight excluding hydrogens is 374 g/mol. The molecule has 0 saturated heterocycles. The van der Waals surface area contributed by atoms with Crippen LogP contribution in [0.4, 0.5) is 0 Å². The lowest BCUT2D eigenvalue weighted by molar-refractivity contribution is -0.125. The number of carbonyl (C=O) groups excluding carboxylic acids is 2. The van der Waals surface area contributed by atoms with E-state index in [1.54, 1.807) is 6.07 Å². The van der Waals surface area contributed by atoms with Crippen LogP contribution in [0, 0.1) is 11.8 Å². The van der Waals surface area contributed by atoms with Gasteiger partial charge in [-0.15, -0.1) is 11.3 Å². The largest absolute Gasteiger partial charge is 0.488 e. The highest BCUT2D eigenvalue weighted by Crippen LogP contribution is 2.42. The van der Waals surface area contributed by atoms with E-state index in [1.807, 2.05) is 24.3 Å². The van der Waals surface area contributed by atoms with Gasteiger partial charge in [-0.1, -0.05) is 38.8 Å². The van der Waals surface area contributed by atoms with Gasteiger partial charge >= 0.3 is 5.97 Å². The van der Waals surface area contributed by atoms with E-state index in [-0.39, 0.29) is 18.6 Å². The lowest BCUT2D eigenvalue weighted by atomic mass is 9.78. The van der Waals surface area contributed by atoms with Gasteiger partial charge < -0.3 is 14.8 Å². The van der Waals surface area contributed by atoms with E-state index in [2.05, 4.69) is 19.2 Å². The predicted octanol–water partition coefficient (Wildman–Crippen LogP) is 4.41. The highest BCUT2D eigenvalue weighted by atomic mass is 32.1. The molecule has 1 aromatic heterocycles. The summed E-state index contributed by atoms with van der Waals surface area (Å²) >= 11 is 1.39. The first-order valence-electron chi connectivity index (χ1n) is 9.84. The number of ether oxygens (including phenoxy) is 2. The molecular formula is C22H25NO4S. The molecule has 148 valence electrons. The van der Waals surface area contributed by atoms with Crippen LogP contribution in [0.2, 0.25) is 0 Å². The SMILES string of the molecule is C[C@@H]1[C@@H](C)CCC[C@H]1NC(=O)COC(=O)c1cc2c(s1)-c1ccccc1OC2. The molecule has 1 aliphatic heterocycles. The predicted molar refractivity (Wildman–Crippen MR) is 108 cm³/mol. The summed E-state index contributed by atoms with van der Waals surface area (Å²) in [6.07, 6.45) is 3.32. The molecule has 2 aliphatic rings. The van der Waals surface area contributed by atoms with Crippen molar-refractivity contribution in [3.63, 3.8) is 0 Å². The Hall–Kier alpha value is -2.34. The van der Waals surface area contributed by atoms with Crippen LogP contribution in [0.25, 0.3) is 10.4 Å². The molecule has 0 spiro atoms. The number of para-hydroxylation sites is 1. The molecule has 3 atom stereocenters. The quantitative estimate of drug-likeness (QED) is 0.774. The second-order valence-corrected chi connectivity index (χ2v) is 8.82. The second-order valence-electron chi connectivity index (χ2n) is 7.77. The molecule has 28 heavy (non-hydrogen) atoms. The highest BCUT2D eigenvalue weighted by Gasteiger charge is 2.28. The third kappa shape index (κ3) is 3.78. The van der Waals surface area contributed by atoms with E-state index in [1.165, 1.54) is 17.8 Å². The summed E-state index contributed by atoms with van der Waals surface area (Å²) < 4.78 is 11.0. The van der Waals surface area contributed by atoms with Crippen molar-refractivity contribution >= 4 is 23.2 Å². The Bertz CT molecular complexity index is 890. The zero-order valence-electron chi connectivity index (χ0n) is 16.2. The van der Waals surface area contributed by atoms with Gasteiger partial charge in [-0.2, -0.15) is 0 Å². The monoisotopic (exact) mass is 399 g/mol. The molecule has 5 nitrogen and oxygen atoms in total. The van der Waals surface area contributed by atoms with Crippen LogP contribution in [-0.2, 0) is 16.1 Å². The Morgan fingerprint density at radius 2 is 2.07 bits per heavy atom. The number of esters is 1. The number of benzene rings is 1. The van der Waals surface area contributed by atoms with Gasteiger partial charge in [-0.3, -0.25) is 4.79 Å². The highest BCUT2D eigenvalue weighted by molar-refractivity contribution is 7.17. The number of amides is 1. The molecule has 1 fully saturated rings. The van der Waals surface area contributed by atoms with Gasteiger partial charge in [-0.05, 0) is 36.5 Å². The zero-order chi connectivity index (χ0) is 19.7. The van der Waals surface area contributed by atoms with Gasteiger partial charge in [0, 0.05) is 22.0 Å². The average Bonchev–Trinajstić information content (AvgIpc) is 3.15. The van der Waals surface area contributed by atoms with Crippen molar-refractivity contribution in [2.24, 2.45) is 11.8 Å². The Morgan fingerprint density at radius 3 is 2.93 bits per heavy atom. The molecule has 0 unspecified atom stereocenters. The van der Waals surface area contributed by atoms with E-state index in [0.717, 1.165) is 34.6 Å². The molecule has 4 rings (SSSR count). The summed E-state index contributed by atoms with van der Waals surface area (Å²) in [6, 6.07) is 9.76. The van der Waals surface area contributed by atoms with Gasteiger partial charge in [0.15, 0.2) is 6.61 Å². The van der Waals surface area contributed by atoms with Crippen molar-refractivity contribution in [1.29, 1.82) is 0 Å². The Kier molecular flexibility index (Phi) is 5.40. The average molecular weight is 400 g/mol. The number of hydrogen-bond acceptors (Lipinski definition) is 5. The van der Waals surface area contributed by atoms with Crippen molar-refractivity contribution in [1.82, 2.24) is 5.32 Å². The molecule has 2 aromatic rings. The fraction of sp³-hybridized carbons (Fsp3) is 0.455. The van der Waals surface area contributed by atoms with Crippen LogP contribution in [0.3, 0.4) is 0 Å². The number of rotatable bonds is 4. The normalized spacial score (nSPS) is 23.1. The van der Waals surface area contributed by atoms with E-state index in [0.29, 0.717) is 23.3 Å². The van der Waals surface area contributed by atoms with Gasteiger partial charge in [-0.25, -0.2) is 4.79 Å². The molecule has 1 N–H and O–H groups in total. The first-order valence-corrected chi connectivity index (χ1v) is 10.7. The van der Waals surface area contributed by atoms with Crippen LogP contribution >= 0.6 is 11.3 Å². The van der Waals surface area contributed by atoms with E-state index in [9.17, 15) is 9.59 Å². The van der Waals surface area contributed by atoms with Crippen molar-refractivity contribution in [2.45, 2.75) is 45.8 Å². The first-order chi connectivity index (χ1) is 13.5. The maximum absolute atomic E-state index is 12.5. The minimum Gasteiger partial charge on any atom is -0.488 e.